The second-order valence-corrected chi connectivity index (χ2v) is 6.06. The van der Waals surface area contributed by atoms with E-state index in [9.17, 15) is 9.59 Å². The first-order valence-corrected chi connectivity index (χ1v) is 8.23. The van der Waals surface area contributed by atoms with Crippen molar-refractivity contribution in [2.45, 2.75) is 19.9 Å². The van der Waals surface area contributed by atoms with Crippen molar-refractivity contribution in [3.8, 4) is 0 Å². The van der Waals surface area contributed by atoms with Crippen LogP contribution in [0.25, 0.3) is 0 Å². The lowest BCUT2D eigenvalue weighted by atomic mass is 10.1. The van der Waals surface area contributed by atoms with Gasteiger partial charge in [0.25, 0.3) is 0 Å². The Labute approximate surface area is 151 Å². The number of nitrogens with zero attached hydrogens (tertiary/aromatic N) is 2. The number of hydrogen-bond donors (Lipinski definition) is 2. The Morgan fingerprint density at radius 3 is 2.54 bits per heavy atom. The molecular formula is C19H20N4O3. The van der Waals surface area contributed by atoms with Crippen molar-refractivity contribution in [1.29, 1.82) is 0 Å². The maximum atomic E-state index is 12.2. The molecule has 26 heavy (non-hydrogen) atoms. The number of hydrogen-bond acceptors (Lipinski definition) is 4. The number of anilines is 1. The van der Waals surface area contributed by atoms with Crippen LogP contribution in [0.5, 0.6) is 0 Å². The average Bonchev–Trinajstić information content (AvgIpc) is 3.28. The first-order valence-electron chi connectivity index (χ1n) is 8.23. The van der Waals surface area contributed by atoms with E-state index in [1.165, 1.54) is 0 Å². The summed E-state index contributed by atoms with van der Waals surface area (Å²) in [4.78, 5) is 24.3. The van der Waals surface area contributed by atoms with Crippen LogP contribution >= 0.6 is 0 Å². The van der Waals surface area contributed by atoms with Gasteiger partial charge in [-0.3, -0.25) is 14.3 Å². The van der Waals surface area contributed by atoms with Gasteiger partial charge in [-0.2, -0.15) is 5.10 Å². The van der Waals surface area contributed by atoms with Gasteiger partial charge in [0.05, 0.1) is 6.26 Å². The highest BCUT2D eigenvalue weighted by Gasteiger charge is 2.20. The van der Waals surface area contributed by atoms with Crippen LogP contribution in [0.3, 0.4) is 0 Å². The van der Waals surface area contributed by atoms with E-state index in [1.54, 1.807) is 41.5 Å². The number of benzene rings is 1. The Bertz CT molecular complexity index is 831. The lowest BCUT2D eigenvalue weighted by Crippen LogP contribution is -2.39. The van der Waals surface area contributed by atoms with Gasteiger partial charge in [0.1, 0.15) is 11.8 Å². The van der Waals surface area contributed by atoms with Gasteiger partial charge in [-0.1, -0.05) is 6.07 Å². The highest BCUT2D eigenvalue weighted by Crippen LogP contribution is 2.17. The van der Waals surface area contributed by atoms with E-state index in [0.29, 0.717) is 11.4 Å². The number of amides is 2. The SMILES string of the molecule is Cc1cc(C)cc(NC(=O)C(=O)NCC(c2ccco2)n2cccn2)c1. The van der Waals surface area contributed by atoms with E-state index in [2.05, 4.69) is 15.7 Å². The highest BCUT2D eigenvalue weighted by molar-refractivity contribution is 6.39. The Morgan fingerprint density at radius 2 is 1.92 bits per heavy atom. The molecule has 0 spiro atoms. The first kappa shape index (κ1) is 17.5. The molecule has 7 nitrogen and oxygen atoms in total. The van der Waals surface area contributed by atoms with E-state index in [1.807, 2.05) is 32.0 Å². The van der Waals surface area contributed by atoms with Gasteiger partial charge in [0, 0.05) is 24.6 Å². The van der Waals surface area contributed by atoms with Crippen molar-refractivity contribution in [3.05, 3.63) is 71.9 Å². The zero-order valence-corrected chi connectivity index (χ0v) is 14.6. The molecule has 0 bridgehead atoms. The molecule has 2 heterocycles. The van der Waals surface area contributed by atoms with Gasteiger partial charge in [0.2, 0.25) is 0 Å². The van der Waals surface area contributed by atoms with Crippen LogP contribution in [0.2, 0.25) is 0 Å². The van der Waals surface area contributed by atoms with Crippen LogP contribution < -0.4 is 10.6 Å². The summed E-state index contributed by atoms with van der Waals surface area (Å²) in [6, 6.07) is 10.6. The standard InChI is InChI=1S/C19H20N4O3/c1-13-9-14(2)11-15(10-13)22-19(25)18(24)20-12-16(17-5-3-8-26-17)23-7-4-6-21-23/h3-11,16H,12H2,1-2H3,(H,20,24)(H,22,25). The summed E-state index contributed by atoms with van der Waals surface area (Å²) in [6.45, 7) is 4.04. The first-order chi connectivity index (χ1) is 12.5. The van der Waals surface area contributed by atoms with Gasteiger partial charge in [-0.15, -0.1) is 0 Å². The number of aromatic nitrogens is 2. The largest absolute Gasteiger partial charge is 0.467 e. The molecule has 1 aromatic carbocycles. The van der Waals surface area contributed by atoms with Gasteiger partial charge in [0.15, 0.2) is 0 Å². The molecule has 0 aliphatic rings. The van der Waals surface area contributed by atoms with Crippen molar-refractivity contribution in [2.24, 2.45) is 0 Å². The maximum Gasteiger partial charge on any atom is 0.313 e. The molecule has 3 aromatic rings. The average molecular weight is 352 g/mol. The fraction of sp³-hybridized carbons (Fsp3) is 0.211. The summed E-state index contributed by atoms with van der Waals surface area (Å²) in [5.74, 6) is -0.787. The number of rotatable bonds is 5. The summed E-state index contributed by atoms with van der Waals surface area (Å²) in [7, 11) is 0. The number of furan rings is 1. The third-order valence-electron chi connectivity index (χ3n) is 3.86. The monoisotopic (exact) mass is 352 g/mol. The van der Waals surface area contributed by atoms with Crippen LogP contribution in [-0.4, -0.2) is 28.1 Å². The molecular weight excluding hydrogens is 332 g/mol. The zero-order valence-electron chi connectivity index (χ0n) is 14.6. The van der Waals surface area contributed by atoms with Crippen molar-refractivity contribution < 1.29 is 14.0 Å². The van der Waals surface area contributed by atoms with Crippen LogP contribution in [0.4, 0.5) is 5.69 Å². The van der Waals surface area contributed by atoms with Crippen molar-refractivity contribution >= 4 is 17.5 Å². The highest BCUT2D eigenvalue weighted by atomic mass is 16.3. The zero-order chi connectivity index (χ0) is 18.5. The fourth-order valence-corrected chi connectivity index (χ4v) is 2.77. The van der Waals surface area contributed by atoms with E-state index in [4.69, 9.17) is 4.42 Å². The van der Waals surface area contributed by atoms with Crippen LogP contribution in [0, 0.1) is 13.8 Å². The van der Waals surface area contributed by atoms with Gasteiger partial charge in [-0.05, 0) is 55.3 Å². The third kappa shape index (κ3) is 4.18. The van der Waals surface area contributed by atoms with E-state index < -0.39 is 11.8 Å². The fourth-order valence-electron chi connectivity index (χ4n) is 2.77. The van der Waals surface area contributed by atoms with Crippen LogP contribution in [-0.2, 0) is 9.59 Å². The quantitative estimate of drug-likeness (QED) is 0.690. The van der Waals surface area contributed by atoms with E-state index >= 15 is 0 Å². The van der Waals surface area contributed by atoms with Crippen LogP contribution in [0.1, 0.15) is 22.9 Å². The summed E-state index contributed by atoms with van der Waals surface area (Å²) < 4.78 is 7.09. The number of aryl methyl sites for hydroxylation is 2. The molecule has 0 aliphatic heterocycles. The Kier molecular flexibility index (Phi) is 5.17. The molecule has 0 saturated carbocycles. The molecule has 2 N–H and O–H groups in total. The summed E-state index contributed by atoms with van der Waals surface area (Å²) >= 11 is 0. The molecule has 0 radical (unpaired) electrons. The molecule has 1 unspecified atom stereocenters. The lowest BCUT2D eigenvalue weighted by molar-refractivity contribution is -0.136. The molecule has 134 valence electrons. The van der Waals surface area contributed by atoms with Gasteiger partial charge >= 0.3 is 11.8 Å². The molecule has 0 aliphatic carbocycles. The molecule has 1 atom stereocenters. The van der Waals surface area contributed by atoms with Crippen molar-refractivity contribution in [3.63, 3.8) is 0 Å². The molecule has 7 heteroatoms. The van der Waals surface area contributed by atoms with Crippen molar-refractivity contribution in [1.82, 2.24) is 15.1 Å². The smallest absolute Gasteiger partial charge is 0.313 e. The minimum absolute atomic E-state index is 0.175. The normalized spacial score (nSPS) is 11.8. The maximum absolute atomic E-state index is 12.2. The second-order valence-electron chi connectivity index (χ2n) is 6.06. The Balaban J connectivity index is 1.64. The number of nitrogens with one attached hydrogen (secondary N) is 2. The molecule has 2 aromatic heterocycles. The van der Waals surface area contributed by atoms with Crippen molar-refractivity contribution in [2.75, 3.05) is 11.9 Å². The van der Waals surface area contributed by atoms with E-state index in [0.717, 1.165) is 11.1 Å². The topological polar surface area (TPSA) is 89.2 Å². The molecule has 2 amide bonds. The predicted octanol–water partition coefficient (Wildman–Crippen LogP) is 2.44. The number of carbonyl (C=O) groups excluding carboxylic acids is 2. The summed E-state index contributed by atoms with van der Waals surface area (Å²) in [6.07, 6.45) is 4.97. The Morgan fingerprint density at radius 1 is 1.15 bits per heavy atom. The lowest BCUT2D eigenvalue weighted by Gasteiger charge is -2.16. The summed E-state index contributed by atoms with van der Waals surface area (Å²) in [5.41, 5.74) is 2.62. The Hall–Kier alpha value is -3.35. The van der Waals surface area contributed by atoms with Crippen LogP contribution in [0.15, 0.2) is 59.5 Å². The molecule has 0 saturated heterocycles. The van der Waals surface area contributed by atoms with E-state index in [-0.39, 0.29) is 12.6 Å². The number of carbonyl (C=O) groups is 2. The minimum atomic E-state index is -0.715. The van der Waals surface area contributed by atoms with Gasteiger partial charge < -0.3 is 15.1 Å². The third-order valence-corrected chi connectivity index (χ3v) is 3.86. The second kappa shape index (κ2) is 7.69. The molecule has 3 rings (SSSR count). The predicted molar refractivity (Wildman–Crippen MR) is 96.6 cm³/mol. The molecule has 0 fully saturated rings. The van der Waals surface area contributed by atoms with Gasteiger partial charge in [-0.25, -0.2) is 0 Å². The summed E-state index contributed by atoms with van der Waals surface area (Å²) in [5, 5.41) is 9.44. The minimum Gasteiger partial charge on any atom is -0.467 e.